The van der Waals surface area contributed by atoms with Gasteiger partial charge in [-0.25, -0.2) is 12.8 Å². The molecule has 0 saturated carbocycles. The molecule has 0 spiro atoms. The predicted octanol–water partition coefficient (Wildman–Crippen LogP) is 2.82. The molecule has 0 bridgehead atoms. The Morgan fingerprint density at radius 2 is 1.60 bits per heavy atom. The van der Waals surface area contributed by atoms with Crippen LogP contribution in [0.4, 0.5) is 4.39 Å². The molecule has 7 nitrogen and oxygen atoms in total. The van der Waals surface area contributed by atoms with Crippen molar-refractivity contribution in [2.75, 3.05) is 26.2 Å². The number of hydrogen-bond donors (Lipinski definition) is 1. The third-order valence-corrected chi connectivity index (χ3v) is 7.22. The van der Waals surface area contributed by atoms with Crippen molar-refractivity contribution in [2.45, 2.75) is 4.90 Å². The Labute approximate surface area is 178 Å². The maximum atomic E-state index is 14.0. The van der Waals surface area contributed by atoms with Gasteiger partial charge in [0.2, 0.25) is 10.0 Å². The minimum atomic E-state index is -3.96. The molecule has 0 radical (unpaired) electrons. The van der Waals surface area contributed by atoms with Gasteiger partial charge in [0.05, 0.1) is 0 Å². The van der Waals surface area contributed by atoms with E-state index >= 15 is 0 Å². The van der Waals surface area contributed by atoms with Crippen LogP contribution in [0.2, 0.25) is 0 Å². The number of halogens is 1. The number of aromatic amines is 1. The van der Waals surface area contributed by atoms with Crippen LogP contribution in [0.3, 0.4) is 0 Å². The highest BCUT2D eigenvalue weighted by Crippen LogP contribution is 2.21. The summed E-state index contributed by atoms with van der Waals surface area (Å²) in [5, 5.41) is 0. The first-order chi connectivity index (χ1) is 14.4. The lowest BCUT2D eigenvalue weighted by Crippen LogP contribution is -2.50. The van der Waals surface area contributed by atoms with E-state index in [1.807, 2.05) is 30.3 Å². The highest BCUT2D eigenvalue weighted by molar-refractivity contribution is 7.89. The summed E-state index contributed by atoms with van der Waals surface area (Å²) in [5.41, 5.74) is 1.13. The Morgan fingerprint density at radius 3 is 2.27 bits per heavy atom. The van der Waals surface area contributed by atoms with Gasteiger partial charge in [-0.1, -0.05) is 30.3 Å². The van der Waals surface area contributed by atoms with Crippen LogP contribution in [-0.4, -0.2) is 59.3 Å². The van der Waals surface area contributed by atoms with Crippen molar-refractivity contribution >= 4 is 28.1 Å². The van der Waals surface area contributed by atoms with Gasteiger partial charge >= 0.3 is 0 Å². The van der Waals surface area contributed by atoms with Crippen LogP contribution < -0.4 is 0 Å². The Bertz CT molecular complexity index is 1230. The number of nitrogens with one attached hydrogen (secondary N) is 1. The Kier molecular flexibility index (Phi) is 5.54. The molecule has 1 fully saturated rings. The number of carbonyl (C=O) groups excluding carboxylic acids is 1. The van der Waals surface area contributed by atoms with E-state index in [9.17, 15) is 17.6 Å². The van der Waals surface area contributed by atoms with Gasteiger partial charge in [-0.15, -0.1) is 0 Å². The zero-order valence-electron chi connectivity index (χ0n) is 15.9. The number of benzene rings is 2. The molecule has 4 rings (SSSR count). The van der Waals surface area contributed by atoms with Gasteiger partial charge in [-0.05, 0) is 36.5 Å². The smallest absolute Gasteiger partial charge is 0.272 e. The van der Waals surface area contributed by atoms with Crippen molar-refractivity contribution in [1.82, 2.24) is 18.8 Å². The van der Waals surface area contributed by atoms with E-state index in [1.165, 1.54) is 22.5 Å². The summed E-state index contributed by atoms with van der Waals surface area (Å²) in [4.78, 5) is 17.2. The van der Waals surface area contributed by atoms with Crippen molar-refractivity contribution < 1.29 is 17.6 Å². The van der Waals surface area contributed by atoms with Crippen LogP contribution in [0.15, 0.2) is 65.7 Å². The van der Waals surface area contributed by atoms with Crippen LogP contribution in [-0.2, 0) is 10.0 Å². The minimum Gasteiger partial charge on any atom is -0.336 e. The summed E-state index contributed by atoms with van der Waals surface area (Å²) in [7, 11) is -3.96. The number of sulfonamides is 1. The molecule has 1 aliphatic rings. The number of carbonyl (C=O) groups is 1. The van der Waals surface area contributed by atoms with Gasteiger partial charge < -0.3 is 9.88 Å². The average Bonchev–Trinajstić information content (AvgIpc) is 3.15. The molecule has 156 valence electrons. The van der Waals surface area contributed by atoms with Crippen molar-refractivity contribution in [3.8, 4) is 5.69 Å². The maximum Gasteiger partial charge on any atom is 0.272 e. The first kappa shape index (κ1) is 20.5. The maximum absolute atomic E-state index is 14.0. The molecule has 0 atom stereocenters. The van der Waals surface area contributed by atoms with E-state index in [0.29, 0.717) is 10.5 Å². The normalized spacial score (nSPS) is 15.3. The van der Waals surface area contributed by atoms with Gasteiger partial charge in [-0.3, -0.25) is 9.36 Å². The van der Waals surface area contributed by atoms with Crippen molar-refractivity contribution in [1.29, 1.82) is 0 Å². The van der Waals surface area contributed by atoms with Crippen molar-refractivity contribution in [3.63, 3.8) is 0 Å². The number of piperazine rings is 1. The number of hydrogen-bond acceptors (Lipinski definition) is 4. The highest BCUT2D eigenvalue weighted by Gasteiger charge is 2.32. The van der Waals surface area contributed by atoms with E-state index in [4.69, 9.17) is 12.2 Å². The number of para-hydroxylation sites is 1. The van der Waals surface area contributed by atoms with E-state index in [1.54, 1.807) is 15.7 Å². The molecule has 10 heteroatoms. The molecule has 30 heavy (non-hydrogen) atoms. The van der Waals surface area contributed by atoms with Crippen molar-refractivity contribution in [3.05, 3.63) is 77.1 Å². The molecule has 2 aromatic carbocycles. The summed E-state index contributed by atoms with van der Waals surface area (Å²) >= 11 is 5.32. The number of amides is 1. The Morgan fingerprint density at radius 1 is 0.967 bits per heavy atom. The Hall–Kier alpha value is -2.82. The van der Waals surface area contributed by atoms with Gasteiger partial charge in [0.1, 0.15) is 16.4 Å². The molecule has 1 amide bonds. The average molecular weight is 447 g/mol. The molecule has 0 aliphatic carbocycles. The summed E-state index contributed by atoms with van der Waals surface area (Å²) < 4.78 is 42.8. The van der Waals surface area contributed by atoms with Crippen LogP contribution in [0.5, 0.6) is 0 Å². The van der Waals surface area contributed by atoms with Gasteiger partial charge in [0.25, 0.3) is 5.91 Å². The molecular formula is C20H19FN4O3S2. The third kappa shape index (κ3) is 3.69. The van der Waals surface area contributed by atoms with Crippen LogP contribution in [0.25, 0.3) is 5.69 Å². The SMILES string of the molecule is O=C(c1c[nH]c(=S)n1-c1ccccc1)N1CCN(S(=O)(=O)c2ccccc2F)CC1. The molecular weight excluding hydrogens is 427 g/mol. The molecule has 2 heterocycles. The van der Waals surface area contributed by atoms with Crippen LogP contribution in [0.1, 0.15) is 10.5 Å². The summed E-state index contributed by atoms with van der Waals surface area (Å²) in [6, 6.07) is 14.6. The highest BCUT2D eigenvalue weighted by atomic mass is 32.2. The Balaban J connectivity index is 1.53. The first-order valence-electron chi connectivity index (χ1n) is 9.29. The van der Waals surface area contributed by atoms with E-state index in [-0.39, 0.29) is 37.0 Å². The second-order valence-electron chi connectivity index (χ2n) is 6.78. The van der Waals surface area contributed by atoms with E-state index in [2.05, 4.69) is 4.98 Å². The molecule has 1 saturated heterocycles. The largest absolute Gasteiger partial charge is 0.336 e. The second kappa shape index (κ2) is 8.13. The standard InChI is InChI=1S/C20H19FN4O3S2/c21-16-8-4-5-9-18(16)30(27,28)24-12-10-23(11-13-24)19(26)17-14-22-20(29)25(17)15-6-2-1-3-7-15/h1-9,14H,10-13H2,(H,22,29). The topological polar surface area (TPSA) is 78.4 Å². The number of nitrogens with zero attached hydrogens (tertiary/aromatic N) is 3. The second-order valence-corrected chi connectivity index (χ2v) is 9.07. The first-order valence-corrected chi connectivity index (χ1v) is 11.1. The summed E-state index contributed by atoms with van der Waals surface area (Å²) in [6.07, 6.45) is 1.56. The lowest BCUT2D eigenvalue weighted by molar-refractivity contribution is 0.0689. The zero-order chi connectivity index (χ0) is 21.3. The molecule has 1 aromatic heterocycles. The summed E-state index contributed by atoms with van der Waals surface area (Å²) in [5.74, 6) is -1.04. The predicted molar refractivity (Wildman–Crippen MR) is 112 cm³/mol. The number of rotatable bonds is 4. The quantitative estimate of drug-likeness (QED) is 0.625. The molecule has 0 unspecified atom stereocenters. The van der Waals surface area contributed by atoms with E-state index < -0.39 is 15.8 Å². The van der Waals surface area contributed by atoms with Gasteiger partial charge in [0.15, 0.2) is 4.77 Å². The fourth-order valence-corrected chi connectivity index (χ4v) is 5.20. The van der Waals surface area contributed by atoms with Gasteiger partial charge in [-0.2, -0.15) is 4.31 Å². The lowest BCUT2D eigenvalue weighted by Gasteiger charge is -2.34. The fourth-order valence-electron chi connectivity index (χ4n) is 3.45. The minimum absolute atomic E-state index is 0.0822. The fraction of sp³-hybridized carbons (Fsp3) is 0.200. The number of aromatic nitrogens is 2. The monoisotopic (exact) mass is 446 g/mol. The lowest BCUT2D eigenvalue weighted by atomic mass is 10.3. The van der Waals surface area contributed by atoms with Crippen LogP contribution in [0, 0.1) is 10.6 Å². The zero-order valence-corrected chi connectivity index (χ0v) is 17.5. The molecule has 1 N–H and O–H groups in total. The number of H-pyrrole nitrogens is 1. The van der Waals surface area contributed by atoms with Gasteiger partial charge in [0, 0.05) is 38.1 Å². The van der Waals surface area contributed by atoms with E-state index in [0.717, 1.165) is 11.8 Å². The molecule has 1 aliphatic heterocycles. The third-order valence-electron chi connectivity index (χ3n) is 4.99. The molecule has 3 aromatic rings. The number of imidazole rings is 1. The summed E-state index contributed by atoms with van der Waals surface area (Å²) in [6.45, 7) is 0.552. The van der Waals surface area contributed by atoms with Crippen LogP contribution >= 0.6 is 12.2 Å². The van der Waals surface area contributed by atoms with Crippen molar-refractivity contribution in [2.24, 2.45) is 0 Å².